The van der Waals surface area contributed by atoms with Crippen LogP contribution in [0, 0.1) is 5.92 Å². The first kappa shape index (κ1) is 26.8. The van der Waals surface area contributed by atoms with Gasteiger partial charge in [0.1, 0.15) is 23.3 Å². The molecule has 37 heavy (non-hydrogen) atoms. The van der Waals surface area contributed by atoms with E-state index in [1.54, 1.807) is 13.3 Å². The van der Waals surface area contributed by atoms with Crippen molar-refractivity contribution in [1.29, 1.82) is 0 Å². The van der Waals surface area contributed by atoms with Crippen molar-refractivity contribution >= 4 is 5.78 Å². The molecular formula is C31H39N3O3. The van der Waals surface area contributed by atoms with E-state index >= 15 is 0 Å². The number of nitrogens with zero attached hydrogens (tertiary/aromatic N) is 2. The number of piperidine rings is 1. The molecule has 2 aromatic carbocycles. The number of pyridine rings is 1. The van der Waals surface area contributed by atoms with Crippen molar-refractivity contribution < 1.29 is 14.3 Å². The molecule has 0 aliphatic carbocycles. The lowest BCUT2D eigenvalue weighted by Crippen LogP contribution is -2.33. The van der Waals surface area contributed by atoms with E-state index in [4.69, 9.17) is 9.47 Å². The molecule has 1 unspecified atom stereocenters. The van der Waals surface area contributed by atoms with Crippen molar-refractivity contribution in [2.75, 3.05) is 33.8 Å². The number of benzene rings is 2. The van der Waals surface area contributed by atoms with Gasteiger partial charge in [-0.1, -0.05) is 36.4 Å². The number of ether oxygens (including phenoxy) is 2. The molecule has 6 heteroatoms. The zero-order valence-electron chi connectivity index (χ0n) is 22.1. The third-order valence-electron chi connectivity index (χ3n) is 7.17. The molecule has 0 amide bonds. The summed E-state index contributed by atoms with van der Waals surface area (Å²) >= 11 is 0. The Labute approximate surface area is 221 Å². The molecule has 4 rings (SSSR count). The molecule has 1 aliphatic rings. The third-order valence-corrected chi connectivity index (χ3v) is 7.17. The Balaban J connectivity index is 1.26. The Morgan fingerprint density at radius 3 is 2.41 bits per heavy atom. The largest absolute Gasteiger partial charge is 0.497 e. The van der Waals surface area contributed by atoms with E-state index in [2.05, 4.69) is 45.5 Å². The second-order valence-electron chi connectivity index (χ2n) is 9.82. The fourth-order valence-electron chi connectivity index (χ4n) is 4.89. The molecule has 196 valence electrons. The number of nitrogens with one attached hydrogen (secondary N) is 1. The van der Waals surface area contributed by atoms with Crippen molar-refractivity contribution in [2.24, 2.45) is 5.92 Å². The van der Waals surface area contributed by atoms with Crippen LogP contribution >= 0.6 is 0 Å². The van der Waals surface area contributed by atoms with E-state index < -0.39 is 0 Å². The van der Waals surface area contributed by atoms with Gasteiger partial charge in [0.2, 0.25) is 0 Å². The maximum atomic E-state index is 12.9. The molecular weight excluding hydrogens is 462 g/mol. The number of likely N-dealkylation sites (tertiary alicyclic amines) is 1. The van der Waals surface area contributed by atoms with Gasteiger partial charge in [0.25, 0.3) is 0 Å². The van der Waals surface area contributed by atoms with E-state index in [0.717, 1.165) is 68.9 Å². The van der Waals surface area contributed by atoms with Gasteiger partial charge in [0.05, 0.1) is 7.11 Å². The van der Waals surface area contributed by atoms with E-state index in [0.29, 0.717) is 18.0 Å². The topological polar surface area (TPSA) is 63.7 Å². The highest BCUT2D eigenvalue weighted by atomic mass is 16.5. The number of ketones is 1. The number of rotatable bonds is 13. The number of carbonyl (C=O) groups is 1. The summed E-state index contributed by atoms with van der Waals surface area (Å²) in [6.07, 6.45) is 6.23. The highest BCUT2D eigenvalue weighted by Gasteiger charge is 2.21. The number of Topliss-reactive ketones (excluding diaryl/α,β-unsaturated/α-hetero) is 1. The molecule has 0 saturated carbocycles. The van der Waals surface area contributed by atoms with Gasteiger partial charge in [-0.2, -0.15) is 0 Å². The van der Waals surface area contributed by atoms with Gasteiger partial charge < -0.3 is 14.8 Å². The van der Waals surface area contributed by atoms with E-state index in [9.17, 15) is 4.79 Å². The predicted molar refractivity (Wildman–Crippen MR) is 147 cm³/mol. The SMILES string of the molecule is CNCCC(Oc1ccc(OC)cc1)c1ccc(C(=O)CCC2CCN(Cc3ccccc3)CC2)nc1. The van der Waals surface area contributed by atoms with Crippen LogP contribution in [0.1, 0.15) is 59.8 Å². The minimum atomic E-state index is -0.154. The maximum absolute atomic E-state index is 12.9. The van der Waals surface area contributed by atoms with Gasteiger partial charge in [0, 0.05) is 31.1 Å². The Morgan fingerprint density at radius 1 is 1.03 bits per heavy atom. The van der Waals surface area contributed by atoms with Crippen molar-refractivity contribution in [2.45, 2.75) is 44.8 Å². The average Bonchev–Trinajstić information content (AvgIpc) is 2.95. The number of hydrogen-bond acceptors (Lipinski definition) is 6. The summed E-state index contributed by atoms with van der Waals surface area (Å²) in [5, 5.41) is 3.19. The second kappa shape index (κ2) is 13.9. The van der Waals surface area contributed by atoms with Crippen molar-refractivity contribution in [1.82, 2.24) is 15.2 Å². The molecule has 1 saturated heterocycles. The molecule has 0 radical (unpaired) electrons. The monoisotopic (exact) mass is 501 g/mol. The second-order valence-corrected chi connectivity index (χ2v) is 9.82. The number of hydrogen-bond donors (Lipinski definition) is 1. The van der Waals surface area contributed by atoms with Gasteiger partial charge in [-0.25, -0.2) is 0 Å². The molecule has 1 fully saturated rings. The molecule has 6 nitrogen and oxygen atoms in total. The first-order valence-corrected chi connectivity index (χ1v) is 13.4. The smallest absolute Gasteiger partial charge is 0.181 e. The van der Waals surface area contributed by atoms with Gasteiger partial charge >= 0.3 is 0 Å². The summed E-state index contributed by atoms with van der Waals surface area (Å²) in [7, 11) is 3.58. The number of methoxy groups -OCH3 is 1. The Kier molecular flexibility index (Phi) is 10.1. The van der Waals surface area contributed by atoms with Crippen LogP contribution in [-0.4, -0.2) is 49.5 Å². The molecule has 1 atom stereocenters. The van der Waals surface area contributed by atoms with Crippen LogP contribution in [0.3, 0.4) is 0 Å². The number of carbonyl (C=O) groups excluding carboxylic acids is 1. The van der Waals surface area contributed by atoms with Crippen LogP contribution < -0.4 is 14.8 Å². The van der Waals surface area contributed by atoms with Gasteiger partial charge in [-0.3, -0.25) is 14.7 Å². The zero-order chi connectivity index (χ0) is 25.9. The summed E-state index contributed by atoms with van der Waals surface area (Å²) in [4.78, 5) is 19.9. The Morgan fingerprint density at radius 2 is 1.76 bits per heavy atom. The van der Waals surface area contributed by atoms with E-state index in [1.807, 2.05) is 43.4 Å². The van der Waals surface area contributed by atoms with Crippen molar-refractivity contribution in [3.63, 3.8) is 0 Å². The summed E-state index contributed by atoms with van der Waals surface area (Å²) in [5.74, 6) is 2.30. The van der Waals surface area contributed by atoms with Crippen LogP contribution in [0.4, 0.5) is 0 Å². The summed E-state index contributed by atoms with van der Waals surface area (Å²) < 4.78 is 11.5. The lowest BCUT2D eigenvalue weighted by atomic mass is 9.90. The lowest BCUT2D eigenvalue weighted by Gasteiger charge is -2.31. The molecule has 2 heterocycles. The molecule has 1 N–H and O–H groups in total. The summed E-state index contributed by atoms with van der Waals surface area (Å²) in [6.45, 7) is 4.03. The van der Waals surface area contributed by atoms with Gasteiger partial charge in [-0.05, 0) is 87.8 Å². The zero-order valence-corrected chi connectivity index (χ0v) is 22.1. The minimum absolute atomic E-state index is 0.126. The van der Waals surface area contributed by atoms with Crippen LogP contribution in [0.5, 0.6) is 11.5 Å². The van der Waals surface area contributed by atoms with Crippen molar-refractivity contribution in [3.05, 3.63) is 89.7 Å². The first-order valence-electron chi connectivity index (χ1n) is 13.4. The normalized spacial score (nSPS) is 15.3. The molecule has 1 aliphatic heterocycles. The molecule has 0 bridgehead atoms. The van der Waals surface area contributed by atoms with Gasteiger partial charge in [-0.15, -0.1) is 0 Å². The third kappa shape index (κ3) is 8.14. The van der Waals surface area contributed by atoms with Crippen molar-refractivity contribution in [3.8, 4) is 11.5 Å². The van der Waals surface area contributed by atoms with E-state index in [1.165, 1.54) is 5.56 Å². The molecule has 0 spiro atoms. The van der Waals surface area contributed by atoms with Crippen LogP contribution in [-0.2, 0) is 6.54 Å². The van der Waals surface area contributed by atoms with Crippen LogP contribution in [0.2, 0.25) is 0 Å². The van der Waals surface area contributed by atoms with Gasteiger partial charge in [0.15, 0.2) is 5.78 Å². The predicted octanol–water partition coefficient (Wildman–Crippen LogP) is 5.69. The molecule has 3 aromatic rings. The first-order chi connectivity index (χ1) is 18.1. The Hall–Kier alpha value is -3.22. The summed E-state index contributed by atoms with van der Waals surface area (Å²) in [5.41, 5.74) is 2.88. The highest BCUT2D eigenvalue weighted by molar-refractivity contribution is 5.94. The fourth-order valence-corrected chi connectivity index (χ4v) is 4.89. The average molecular weight is 502 g/mol. The highest BCUT2D eigenvalue weighted by Crippen LogP contribution is 2.27. The van der Waals surface area contributed by atoms with E-state index in [-0.39, 0.29) is 11.9 Å². The minimum Gasteiger partial charge on any atom is -0.497 e. The Bertz CT molecular complexity index is 1080. The fraction of sp³-hybridized carbons (Fsp3) is 0.419. The molecule has 1 aromatic heterocycles. The standard InChI is InChI=1S/C31H39N3O3/c1-32-19-16-31(37-28-12-10-27(36-2)11-13-28)26-9-14-29(33-22-26)30(35)15-8-24-17-20-34(21-18-24)23-25-6-4-3-5-7-25/h3-7,9-14,22,24,31-32H,8,15-21,23H2,1-2H3. The maximum Gasteiger partial charge on any atom is 0.181 e. The number of aromatic nitrogens is 1. The quantitative estimate of drug-likeness (QED) is 0.303. The van der Waals surface area contributed by atoms with Crippen LogP contribution in [0.15, 0.2) is 72.9 Å². The summed E-state index contributed by atoms with van der Waals surface area (Å²) in [6, 6.07) is 22.1. The lowest BCUT2D eigenvalue weighted by molar-refractivity contribution is 0.0956. The van der Waals surface area contributed by atoms with Crippen LogP contribution in [0.25, 0.3) is 0 Å².